The second-order valence-corrected chi connectivity index (χ2v) is 6.79. The van der Waals surface area contributed by atoms with Gasteiger partial charge in [0.2, 0.25) is 0 Å². The average molecular weight is 335 g/mol. The van der Waals surface area contributed by atoms with E-state index in [9.17, 15) is 4.39 Å². The fraction of sp³-hybridized carbons (Fsp3) is 0.286. The van der Waals surface area contributed by atoms with Crippen molar-refractivity contribution in [1.29, 1.82) is 0 Å². The summed E-state index contributed by atoms with van der Waals surface area (Å²) in [6, 6.07) is 17.2. The van der Waals surface area contributed by atoms with E-state index in [1.807, 2.05) is 54.1 Å². The summed E-state index contributed by atoms with van der Waals surface area (Å²) < 4.78 is 16.2. The Morgan fingerprint density at radius 3 is 2.48 bits per heavy atom. The Morgan fingerprint density at radius 2 is 1.80 bits per heavy atom. The quantitative estimate of drug-likeness (QED) is 0.744. The van der Waals surface area contributed by atoms with Gasteiger partial charge in [-0.25, -0.2) is 9.07 Å². The summed E-state index contributed by atoms with van der Waals surface area (Å²) in [5.74, 6) is -0.119. The molecule has 3 nitrogen and oxygen atoms in total. The van der Waals surface area contributed by atoms with Crippen molar-refractivity contribution in [3.05, 3.63) is 83.4 Å². The van der Waals surface area contributed by atoms with Gasteiger partial charge in [-0.3, -0.25) is 0 Å². The zero-order valence-corrected chi connectivity index (χ0v) is 14.4. The Bertz CT molecular complexity index is 866. The highest BCUT2D eigenvalue weighted by Crippen LogP contribution is 2.42. The third-order valence-corrected chi connectivity index (χ3v) is 5.24. The van der Waals surface area contributed by atoms with Gasteiger partial charge in [0.25, 0.3) is 0 Å². The molecule has 1 aliphatic rings. The molecule has 1 aromatic heterocycles. The molecule has 128 valence electrons. The van der Waals surface area contributed by atoms with Gasteiger partial charge < -0.3 is 5.32 Å². The highest BCUT2D eigenvalue weighted by atomic mass is 19.1. The van der Waals surface area contributed by atoms with Gasteiger partial charge in [0, 0.05) is 29.4 Å². The lowest BCUT2D eigenvalue weighted by atomic mass is 9.71. The predicted molar refractivity (Wildman–Crippen MR) is 97.1 cm³/mol. The Kier molecular flexibility index (Phi) is 4.14. The number of nitrogens with one attached hydrogen (secondary N) is 1. The third-order valence-electron chi connectivity index (χ3n) is 5.24. The van der Waals surface area contributed by atoms with E-state index in [2.05, 4.69) is 16.6 Å². The van der Waals surface area contributed by atoms with Crippen LogP contribution in [0.25, 0.3) is 5.69 Å². The van der Waals surface area contributed by atoms with Gasteiger partial charge in [0.05, 0.1) is 11.4 Å². The Labute approximate surface area is 147 Å². The maximum atomic E-state index is 14.3. The van der Waals surface area contributed by atoms with E-state index in [-0.39, 0.29) is 11.4 Å². The lowest BCUT2D eigenvalue weighted by molar-refractivity contribution is 0.177. The minimum absolute atomic E-state index is 0.119. The molecule has 1 aliphatic carbocycles. The molecule has 25 heavy (non-hydrogen) atoms. The summed E-state index contributed by atoms with van der Waals surface area (Å²) in [6.07, 6.45) is 5.13. The summed E-state index contributed by atoms with van der Waals surface area (Å²) >= 11 is 0. The largest absolute Gasteiger partial charge is 0.303 e. The van der Waals surface area contributed by atoms with E-state index in [0.29, 0.717) is 6.54 Å². The molecule has 4 rings (SSSR count). The maximum absolute atomic E-state index is 14.3. The molecule has 0 amide bonds. The van der Waals surface area contributed by atoms with Gasteiger partial charge in [-0.2, -0.15) is 5.10 Å². The number of aromatic nitrogens is 2. The number of rotatable bonds is 5. The first kappa shape index (κ1) is 16.0. The molecule has 3 aromatic rings. The van der Waals surface area contributed by atoms with Crippen molar-refractivity contribution in [3.8, 4) is 5.69 Å². The zero-order valence-electron chi connectivity index (χ0n) is 14.4. The topological polar surface area (TPSA) is 29.9 Å². The molecule has 4 heteroatoms. The van der Waals surface area contributed by atoms with Crippen molar-refractivity contribution in [3.63, 3.8) is 0 Å². The molecule has 1 N–H and O–H groups in total. The van der Waals surface area contributed by atoms with Gasteiger partial charge in [-0.05, 0) is 44.4 Å². The van der Waals surface area contributed by atoms with Crippen LogP contribution in [-0.4, -0.2) is 9.78 Å². The lowest BCUT2D eigenvalue weighted by Crippen LogP contribution is -2.48. The van der Waals surface area contributed by atoms with Crippen LogP contribution in [-0.2, 0) is 12.1 Å². The normalized spacial score (nSPS) is 15.8. The summed E-state index contributed by atoms with van der Waals surface area (Å²) in [5, 5.41) is 8.24. The first-order valence-corrected chi connectivity index (χ1v) is 8.79. The number of hydrogen-bond donors (Lipinski definition) is 1. The Balaban J connectivity index is 1.55. The molecule has 0 atom stereocenters. The van der Waals surface area contributed by atoms with Gasteiger partial charge >= 0.3 is 0 Å². The summed E-state index contributed by atoms with van der Waals surface area (Å²) in [5.41, 5.74) is 3.73. The van der Waals surface area contributed by atoms with Crippen LogP contribution in [0, 0.1) is 12.7 Å². The van der Waals surface area contributed by atoms with Crippen molar-refractivity contribution in [1.82, 2.24) is 15.1 Å². The maximum Gasteiger partial charge on any atom is 0.128 e. The van der Waals surface area contributed by atoms with E-state index in [4.69, 9.17) is 0 Å². The molecule has 1 fully saturated rings. The molecule has 1 saturated carbocycles. The Hall–Kier alpha value is -2.46. The van der Waals surface area contributed by atoms with Gasteiger partial charge in [-0.1, -0.05) is 36.4 Å². The summed E-state index contributed by atoms with van der Waals surface area (Å²) in [6.45, 7) is 2.71. The molecular weight excluding hydrogens is 313 g/mol. The first-order valence-electron chi connectivity index (χ1n) is 8.79. The monoisotopic (exact) mass is 335 g/mol. The van der Waals surface area contributed by atoms with Crippen LogP contribution in [0.4, 0.5) is 4.39 Å². The zero-order chi connectivity index (χ0) is 17.3. The van der Waals surface area contributed by atoms with Crippen molar-refractivity contribution >= 4 is 0 Å². The predicted octanol–water partition coefficient (Wildman–Crippen LogP) is 4.49. The smallest absolute Gasteiger partial charge is 0.128 e. The van der Waals surface area contributed by atoms with Crippen LogP contribution in [0.15, 0.2) is 60.8 Å². The van der Waals surface area contributed by atoms with Crippen LogP contribution in [0.3, 0.4) is 0 Å². The van der Waals surface area contributed by atoms with Gasteiger partial charge in [0.1, 0.15) is 5.82 Å². The summed E-state index contributed by atoms with van der Waals surface area (Å²) in [4.78, 5) is 0. The van der Waals surface area contributed by atoms with Crippen LogP contribution < -0.4 is 5.32 Å². The Morgan fingerprint density at radius 1 is 1.08 bits per heavy atom. The highest BCUT2D eigenvalue weighted by molar-refractivity contribution is 5.33. The lowest BCUT2D eigenvalue weighted by Gasteiger charge is -2.43. The second-order valence-electron chi connectivity index (χ2n) is 6.79. The second kappa shape index (κ2) is 6.45. The van der Waals surface area contributed by atoms with Crippen LogP contribution in [0.1, 0.15) is 36.1 Å². The van der Waals surface area contributed by atoms with Crippen LogP contribution >= 0.6 is 0 Å². The minimum atomic E-state index is -0.243. The average Bonchev–Trinajstić information content (AvgIpc) is 2.97. The van der Waals surface area contributed by atoms with E-state index in [1.165, 1.54) is 0 Å². The van der Waals surface area contributed by atoms with Crippen molar-refractivity contribution in [2.24, 2.45) is 0 Å². The molecule has 0 spiro atoms. The molecule has 2 aromatic carbocycles. The fourth-order valence-corrected chi connectivity index (χ4v) is 3.57. The van der Waals surface area contributed by atoms with Crippen molar-refractivity contribution in [2.75, 3.05) is 0 Å². The molecule has 0 bridgehead atoms. The number of nitrogens with zero attached hydrogens (tertiary/aromatic N) is 2. The molecule has 0 aliphatic heterocycles. The van der Waals surface area contributed by atoms with Crippen molar-refractivity contribution in [2.45, 2.75) is 38.3 Å². The first-order chi connectivity index (χ1) is 12.2. The fourth-order valence-electron chi connectivity index (χ4n) is 3.57. The number of hydrogen-bond acceptors (Lipinski definition) is 2. The standard InChI is InChI=1S/C21H22FN3/c1-16-17(15-25(24-16)18-8-3-2-4-9-18)14-23-21(12-7-13-21)19-10-5-6-11-20(19)22/h2-6,8-11,15,23H,7,12-14H2,1H3. The summed E-state index contributed by atoms with van der Waals surface area (Å²) in [7, 11) is 0. The van der Waals surface area contributed by atoms with E-state index in [0.717, 1.165) is 41.8 Å². The molecule has 0 radical (unpaired) electrons. The molecular formula is C21H22FN3. The molecule has 0 unspecified atom stereocenters. The van der Waals surface area contributed by atoms with Crippen LogP contribution in [0.5, 0.6) is 0 Å². The SMILES string of the molecule is Cc1nn(-c2ccccc2)cc1CNC1(c2ccccc2F)CCC1. The highest BCUT2D eigenvalue weighted by Gasteiger charge is 2.40. The van der Waals surface area contributed by atoms with Gasteiger partial charge in [-0.15, -0.1) is 0 Å². The van der Waals surface area contributed by atoms with Gasteiger partial charge in [0.15, 0.2) is 0 Å². The third kappa shape index (κ3) is 2.98. The van der Waals surface area contributed by atoms with E-state index >= 15 is 0 Å². The van der Waals surface area contributed by atoms with Crippen molar-refractivity contribution < 1.29 is 4.39 Å². The number of benzene rings is 2. The number of halogens is 1. The number of aryl methyl sites for hydroxylation is 1. The van der Waals surface area contributed by atoms with E-state index < -0.39 is 0 Å². The minimum Gasteiger partial charge on any atom is -0.303 e. The number of para-hydroxylation sites is 1. The molecule has 1 heterocycles. The molecule has 0 saturated heterocycles. The van der Waals surface area contributed by atoms with E-state index in [1.54, 1.807) is 12.1 Å². The van der Waals surface area contributed by atoms with Crippen LogP contribution in [0.2, 0.25) is 0 Å².